The van der Waals surface area contributed by atoms with Crippen molar-refractivity contribution in [2.75, 3.05) is 6.54 Å². The molecule has 23 heavy (non-hydrogen) atoms. The average molecular weight is 329 g/mol. The van der Waals surface area contributed by atoms with Gasteiger partial charge in [-0.3, -0.25) is 4.79 Å². The van der Waals surface area contributed by atoms with Crippen LogP contribution in [0.5, 0.6) is 0 Å². The Bertz CT molecular complexity index is 797. The van der Waals surface area contributed by atoms with Crippen LogP contribution in [0.1, 0.15) is 35.2 Å². The van der Waals surface area contributed by atoms with E-state index in [-0.39, 0.29) is 11.8 Å². The average Bonchev–Trinajstić information content (AvgIpc) is 3.18. The minimum Gasteiger partial charge on any atom is -0.480 e. The van der Waals surface area contributed by atoms with Crippen molar-refractivity contribution in [2.24, 2.45) is 11.8 Å². The van der Waals surface area contributed by atoms with Gasteiger partial charge in [-0.15, -0.1) is 11.3 Å². The number of carboxylic acid groups (broad SMARTS) is 1. The molecule has 2 aromatic rings. The number of nitrogens with zero attached hydrogens (tertiary/aromatic N) is 1. The number of hydrogen-bond donors (Lipinski definition) is 1. The Morgan fingerprint density at radius 3 is 2.91 bits per heavy atom. The standard InChI is InChI=1S/C18H19NO3S/c1-10-5-6-13-14(9-23-15(13)7-10)17(20)19-8-11-3-2-4-12(11)16(19)18(21)22/h5-7,9,11-12,16H,2-4,8H2,1H3,(H,21,22). The largest absolute Gasteiger partial charge is 0.480 e. The normalized spacial score (nSPS) is 26.7. The van der Waals surface area contributed by atoms with Crippen molar-refractivity contribution < 1.29 is 14.7 Å². The number of benzene rings is 1. The van der Waals surface area contributed by atoms with Gasteiger partial charge in [0.05, 0.1) is 5.56 Å². The number of fused-ring (bicyclic) bond motifs is 2. The van der Waals surface area contributed by atoms with Crippen LogP contribution in [-0.4, -0.2) is 34.5 Å². The minimum atomic E-state index is -0.858. The number of aryl methyl sites for hydroxylation is 1. The Morgan fingerprint density at radius 2 is 2.13 bits per heavy atom. The van der Waals surface area contributed by atoms with Gasteiger partial charge in [-0.2, -0.15) is 0 Å². The van der Waals surface area contributed by atoms with E-state index in [0.717, 1.165) is 34.9 Å². The molecule has 1 aromatic carbocycles. The summed E-state index contributed by atoms with van der Waals surface area (Å²) in [7, 11) is 0. The van der Waals surface area contributed by atoms with Gasteiger partial charge in [-0.1, -0.05) is 18.6 Å². The first-order valence-corrected chi connectivity index (χ1v) is 8.96. The van der Waals surface area contributed by atoms with Crippen LogP contribution >= 0.6 is 11.3 Å². The topological polar surface area (TPSA) is 57.6 Å². The fraction of sp³-hybridized carbons (Fsp3) is 0.444. The zero-order chi connectivity index (χ0) is 16.1. The predicted octanol–water partition coefficient (Wildman–Crippen LogP) is 3.54. The monoisotopic (exact) mass is 329 g/mol. The molecule has 4 nitrogen and oxygen atoms in total. The summed E-state index contributed by atoms with van der Waals surface area (Å²) in [5, 5.41) is 12.4. The summed E-state index contributed by atoms with van der Waals surface area (Å²) in [5.74, 6) is -0.499. The number of hydrogen-bond acceptors (Lipinski definition) is 3. The summed E-state index contributed by atoms with van der Waals surface area (Å²) in [5.41, 5.74) is 1.81. The zero-order valence-electron chi connectivity index (χ0n) is 13.0. The SMILES string of the molecule is Cc1ccc2c(C(=O)N3CC4CCCC4C3C(=O)O)csc2c1. The summed E-state index contributed by atoms with van der Waals surface area (Å²) < 4.78 is 1.08. The van der Waals surface area contributed by atoms with Crippen molar-refractivity contribution in [1.29, 1.82) is 0 Å². The molecule has 2 heterocycles. The van der Waals surface area contributed by atoms with E-state index >= 15 is 0 Å². The molecule has 5 heteroatoms. The molecule has 0 spiro atoms. The lowest BCUT2D eigenvalue weighted by atomic mass is 9.94. The summed E-state index contributed by atoms with van der Waals surface area (Å²) in [6.45, 7) is 2.62. The van der Waals surface area contributed by atoms with Gasteiger partial charge in [0.25, 0.3) is 5.91 Å². The van der Waals surface area contributed by atoms with Crippen LogP contribution in [-0.2, 0) is 4.79 Å². The maximum atomic E-state index is 13.0. The molecule has 1 saturated carbocycles. The van der Waals surface area contributed by atoms with Crippen molar-refractivity contribution in [3.63, 3.8) is 0 Å². The molecule has 2 fully saturated rings. The first-order valence-electron chi connectivity index (χ1n) is 8.08. The number of rotatable bonds is 2. The second-order valence-corrected chi connectivity index (χ2v) is 7.66. The third-order valence-corrected chi connectivity index (χ3v) is 6.31. The highest BCUT2D eigenvalue weighted by atomic mass is 32.1. The van der Waals surface area contributed by atoms with E-state index in [1.165, 1.54) is 0 Å². The van der Waals surface area contributed by atoms with Crippen molar-refractivity contribution in [3.05, 3.63) is 34.7 Å². The lowest BCUT2D eigenvalue weighted by Gasteiger charge is -2.24. The number of likely N-dealkylation sites (tertiary alicyclic amines) is 1. The molecule has 120 valence electrons. The van der Waals surface area contributed by atoms with E-state index in [1.807, 2.05) is 24.4 Å². The zero-order valence-corrected chi connectivity index (χ0v) is 13.8. The lowest BCUT2D eigenvalue weighted by molar-refractivity contribution is -0.142. The van der Waals surface area contributed by atoms with Crippen LogP contribution in [0.4, 0.5) is 0 Å². The van der Waals surface area contributed by atoms with E-state index in [4.69, 9.17) is 0 Å². The Morgan fingerprint density at radius 1 is 1.30 bits per heavy atom. The number of aliphatic carboxylic acids is 1. The molecule has 1 aliphatic carbocycles. The summed E-state index contributed by atoms with van der Waals surface area (Å²) in [4.78, 5) is 26.4. The summed E-state index contributed by atoms with van der Waals surface area (Å²) >= 11 is 1.55. The van der Waals surface area contributed by atoms with Gasteiger partial charge in [0.2, 0.25) is 0 Å². The first kappa shape index (κ1) is 14.7. The van der Waals surface area contributed by atoms with Crippen molar-refractivity contribution in [3.8, 4) is 0 Å². The fourth-order valence-electron chi connectivity index (χ4n) is 4.29. The van der Waals surface area contributed by atoms with E-state index in [1.54, 1.807) is 16.2 Å². The summed E-state index contributed by atoms with van der Waals surface area (Å²) in [6, 6.07) is 5.39. The van der Waals surface area contributed by atoms with E-state index < -0.39 is 12.0 Å². The maximum Gasteiger partial charge on any atom is 0.326 e. The van der Waals surface area contributed by atoms with Crippen LogP contribution in [0.15, 0.2) is 23.6 Å². The molecule has 4 rings (SSSR count). The molecule has 0 bridgehead atoms. The van der Waals surface area contributed by atoms with Crippen molar-refractivity contribution in [2.45, 2.75) is 32.2 Å². The quantitative estimate of drug-likeness (QED) is 0.917. The van der Waals surface area contributed by atoms with Gasteiger partial charge in [0.1, 0.15) is 6.04 Å². The Kier molecular flexibility index (Phi) is 3.41. The van der Waals surface area contributed by atoms with Crippen molar-refractivity contribution in [1.82, 2.24) is 4.90 Å². The van der Waals surface area contributed by atoms with E-state index in [9.17, 15) is 14.7 Å². The van der Waals surface area contributed by atoms with Gasteiger partial charge in [-0.25, -0.2) is 4.79 Å². The summed E-state index contributed by atoms with van der Waals surface area (Å²) in [6.07, 6.45) is 3.05. The third kappa shape index (κ3) is 2.26. The lowest BCUT2D eigenvalue weighted by Crippen LogP contribution is -2.43. The Balaban J connectivity index is 1.71. The number of carbonyl (C=O) groups is 2. The van der Waals surface area contributed by atoms with Gasteiger partial charge in [0.15, 0.2) is 0 Å². The van der Waals surface area contributed by atoms with E-state index in [0.29, 0.717) is 18.0 Å². The first-order chi connectivity index (χ1) is 11.1. The van der Waals surface area contributed by atoms with Crippen molar-refractivity contribution >= 4 is 33.3 Å². The molecule has 1 aliphatic heterocycles. The highest BCUT2D eigenvalue weighted by Gasteiger charge is 2.49. The van der Waals surface area contributed by atoms with Crippen LogP contribution in [0.3, 0.4) is 0 Å². The molecule has 3 unspecified atom stereocenters. The number of carboxylic acids is 1. The number of carbonyl (C=O) groups excluding carboxylic acids is 1. The van der Waals surface area contributed by atoms with Gasteiger partial charge in [0, 0.05) is 22.0 Å². The van der Waals surface area contributed by atoms with Gasteiger partial charge in [-0.05, 0) is 43.2 Å². The van der Waals surface area contributed by atoms with Crippen LogP contribution in [0.2, 0.25) is 0 Å². The maximum absolute atomic E-state index is 13.0. The molecule has 1 saturated heterocycles. The van der Waals surface area contributed by atoms with Gasteiger partial charge < -0.3 is 10.0 Å². The smallest absolute Gasteiger partial charge is 0.326 e. The Hall–Kier alpha value is -1.88. The highest BCUT2D eigenvalue weighted by molar-refractivity contribution is 7.17. The van der Waals surface area contributed by atoms with Crippen LogP contribution in [0.25, 0.3) is 10.1 Å². The predicted molar refractivity (Wildman–Crippen MR) is 89.9 cm³/mol. The Labute approximate surface area is 138 Å². The minimum absolute atomic E-state index is 0.123. The second-order valence-electron chi connectivity index (χ2n) is 6.74. The van der Waals surface area contributed by atoms with Crippen LogP contribution in [0, 0.1) is 18.8 Å². The highest BCUT2D eigenvalue weighted by Crippen LogP contribution is 2.43. The molecular formula is C18H19NO3S. The fourth-order valence-corrected chi connectivity index (χ4v) is 5.32. The number of amides is 1. The molecule has 1 aromatic heterocycles. The molecule has 1 N–H and O–H groups in total. The third-order valence-electron chi connectivity index (χ3n) is 5.37. The molecule has 0 radical (unpaired) electrons. The van der Waals surface area contributed by atoms with Crippen LogP contribution < -0.4 is 0 Å². The molecule has 1 amide bonds. The second kappa shape index (κ2) is 5.34. The van der Waals surface area contributed by atoms with E-state index in [2.05, 4.69) is 6.07 Å². The molecule has 2 aliphatic rings. The molecular weight excluding hydrogens is 310 g/mol. The van der Waals surface area contributed by atoms with Gasteiger partial charge >= 0.3 is 5.97 Å². The molecule has 3 atom stereocenters. The number of thiophene rings is 1.